The molecule has 2 aromatic heterocycles. The van der Waals surface area contributed by atoms with Crippen LogP contribution in [0.2, 0.25) is 0 Å². The summed E-state index contributed by atoms with van der Waals surface area (Å²) in [6.07, 6.45) is 2.00. The summed E-state index contributed by atoms with van der Waals surface area (Å²) >= 11 is 1.41. The molecule has 0 aliphatic carbocycles. The summed E-state index contributed by atoms with van der Waals surface area (Å²) in [4.78, 5) is 17.2. The number of nitrogens with one attached hydrogen (secondary N) is 2. The molecule has 28 heavy (non-hydrogen) atoms. The first-order valence-electron chi connectivity index (χ1n) is 9.09. The molecule has 0 unspecified atom stereocenters. The average Bonchev–Trinajstić information content (AvgIpc) is 3.29. The van der Waals surface area contributed by atoms with Crippen LogP contribution in [0.4, 0.5) is 5.13 Å². The Hall–Kier alpha value is -2.29. The Morgan fingerprint density at radius 2 is 2.00 bits per heavy atom. The summed E-state index contributed by atoms with van der Waals surface area (Å²) in [5, 5.41) is 17.1. The van der Waals surface area contributed by atoms with E-state index in [1.165, 1.54) is 11.3 Å². The molecule has 3 heterocycles. The number of aromatic nitrogens is 4. The lowest BCUT2D eigenvalue weighted by molar-refractivity contribution is 0.102. The maximum Gasteiger partial charge on any atom is 0.279 e. The minimum absolute atomic E-state index is 0. The Bertz CT molecular complexity index is 963. The van der Waals surface area contributed by atoms with Gasteiger partial charge in [-0.15, -0.1) is 28.8 Å². The van der Waals surface area contributed by atoms with Crippen molar-refractivity contribution in [2.75, 3.05) is 18.4 Å². The molecule has 0 atom stereocenters. The van der Waals surface area contributed by atoms with Crippen molar-refractivity contribution in [1.82, 2.24) is 25.3 Å². The van der Waals surface area contributed by atoms with Crippen LogP contribution in [0, 0.1) is 13.8 Å². The third kappa shape index (κ3) is 4.09. The Morgan fingerprint density at radius 1 is 1.25 bits per heavy atom. The SMILES string of the molecule is Cc1ccccc1-c1csc(NC(=O)c2nnn(C3CCNCC3)c2C)n1.Cl. The van der Waals surface area contributed by atoms with E-state index in [-0.39, 0.29) is 18.3 Å². The molecule has 4 rings (SSSR count). The van der Waals surface area contributed by atoms with Crippen LogP contribution in [0.25, 0.3) is 11.3 Å². The number of aryl methyl sites for hydroxylation is 1. The average molecular weight is 419 g/mol. The number of amides is 1. The van der Waals surface area contributed by atoms with E-state index in [9.17, 15) is 4.79 Å². The molecule has 1 aromatic carbocycles. The summed E-state index contributed by atoms with van der Waals surface area (Å²) in [5.41, 5.74) is 4.25. The highest BCUT2D eigenvalue weighted by atomic mass is 35.5. The summed E-state index contributed by atoms with van der Waals surface area (Å²) in [7, 11) is 0. The second-order valence-electron chi connectivity index (χ2n) is 6.76. The number of thiazole rings is 1. The van der Waals surface area contributed by atoms with Crippen LogP contribution in [0.1, 0.15) is 40.6 Å². The minimum atomic E-state index is -0.265. The Balaban J connectivity index is 0.00000225. The molecule has 1 aliphatic heterocycles. The van der Waals surface area contributed by atoms with Crippen molar-refractivity contribution in [3.8, 4) is 11.3 Å². The van der Waals surface area contributed by atoms with E-state index in [1.807, 2.05) is 35.2 Å². The fourth-order valence-electron chi connectivity index (χ4n) is 3.42. The maximum atomic E-state index is 12.7. The Labute approximate surface area is 174 Å². The number of piperidine rings is 1. The zero-order valence-electron chi connectivity index (χ0n) is 15.8. The monoisotopic (exact) mass is 418 g/mol. The van der Waals surface area contributed by atoms with E-state index in [1.54, 1.807) is 0 Å². The van der Waals surface area contributed by atoms with Gasteiger partial charge in [0.1, 0.15) is 0 Å². The number of hydrogen-bond donors (Lipinski definition) is 2. The predicted molar refractivity (Wildman–Crippen MR) is 113 cm³/mol. The molecule has 9 heteroatoms. The third-order valence-electron chi connectivity index (χ3n) is 4.94. The van der Waals surface area contributed by atoms with Gasteiger partial charge in [-0.2, -0.15) is 0 Å². The first-order chi connectivity index (χ1) is 13.1. The predicted octanol–water partition coefficient (Wildman–Crippen LogP) is 3.62. The van der Waals surface area contributed by atoms with E-state index in [0.717, 1.165) is 48.4 Å². The van der Waals surface area contributed by atoms with Gasteiger partial charge in [0.2, 0.25) is 0 Å². The molecule has 7 nitrogen and oxygen atoms in total. The lowest BCUT2D eigenvalue weighted by atomic mass is 10.1. The van der Waals surface area contributed by atoms with Crippen molar-refractivity contribution in [3.05, 3.63) is 46.6 Å². The maximum absolute atomic E-state index is 12.7. The van der Waals surface area contributed by atoms with Gasteiger partial charge < -0.3 is 5.32 Å². The van der Waals surface area contributed by atoms with E-state index >= 15 is 0 Å². The fraction of sp³-hybridized carbons (Fsp3) is 0.368. The normalized spacial score (nSPS) is 14.5. The number of carbonyl (C=O) groups excluding carboxylic acids is 1. The number of benzene rings is 1. The zero-order valence-corrected chi connectivity index (χ0v) is 17.4. The molecule has 1 fully saturated rings. The largest absolute Gasteiger partial charge is 0.317 e. The van der Waals surface area contributed by atoms with E-state index in [2.05, 4.69) is 38.9 Å². The van der Waals surface area contributed by atoms with Gasteiger partial charge in [-0.3, -0.25) is 10.1 Å². The Kier molecular flexibility index (Phi) is 6.43. The van der Waals surface area contributed by atoms with Gasteiger partial charge in [0.05, 0.1) is 17.4 Å². The molecule has 0 spiro atoms. The molecule has 0 saturated carbocycles. The van der Waals surface area contributed by atoms with Gasteiger partial charge in [0.25, 0.3) is 5.91 Å². The summed E-state index contributed by atoms with van der Waals surface area (Å²) in [6, 6.07) is 8.37. The molecule has 0 radical (unpaired) electrons. The first-order valence-corrected chi connectivity index (χ1v) is 9.97. The van der Waals surface area contributed by atoms with Crippen LogP contribution in [0.15, 0.2) is 29.6 Å². The van der Waals surface area contributed by atoms with Crippen molar-refractivity contribution in [1.29, 1.82) is 0 Å². The smallest absolute Gasteiger partial charge is 0.279 e. The quantitative estimate of drug-likeness (QED) is 0.676. The second kappa shape index (κ2) is 8.81. The van der Waals surface area contributed by atoms with Crippen molar-refractivity contribution in [2.45, 2.75) is 32.7 Å². The standard InChI is InChI=1S/C19H22N6OS.ClH/c1-12-5-3-4-6-15(12)16-11-27-19(21-16)22-18(26)17-13(2)25(24-23-17)14-7-9-20-10-8-14;/h3-6,11,14,20H,7-10H2,1-2H3,(H,21,22,26);1H. The molecule has 2 N–H and O–H groups in total. The van der Waals surface area contributed by atoms with Gasteiger partial charge in [-0.25, -0.2) is 9.67 Å². The van der Waals surface area contributed by atoms with Crippen LogP contribution >= 0.6 is 23.7 Å². The molecule has 148 valence electrons. The molecule has 1 saturated heterocycles. The van der Waals surface area contributed by atoms with E-state index in [4.69, 9.17) is 0 Å². The number of anilines is 1. The first kappa shape index (κ1) is 20.4. The van der Waals surface area contributed by atoms with E-state index < -0.39 is 0 Å². The number of halogens is 1. The van der Waals surface area contributed by atoms with Crippen LogP contribution in [-0.4, -0.2) is 39.0 Å². The number of nitrogens with zero attached hydrogens (tertiary/aromatic N) is 4. The highest BCUT2D eigenvalue weighted by Gasteiger charge is 2.23. The third-order valence-corrected chi connectivity index (χ3v) is 5.70. The van der Waals surface area contributed by atoms with Gasteiger partial charge in [-0.05, 0) is 45.3 Å². The molecule has 1 aliphatic rings. The lowest BCUT2D eigenvalue weighted by Crippen LogP contribution is -2.30. The molecule has 0 bridgehead atoms. The molecule has 3 aromatic rings. The van der Waals surface area contributed by atoms with Crippen LogP contribution in [0.5, 0.6) is 0 Å². The number of rotatable bonds is 4. The van der Waals surface area contributed by atoms with Crippen molar-refractivity contribution in [3.63, 3.8) is 0 Å². The molecular weight excluding hydrogens is 396 g/mol. The number of hydrogen-bond acceptors (Lipinski definition) is 6. The second-order valence-corrected chi connectivity index (χ2v) is 7.61. The number of carbonyl (C=O) groups is 1. The van der Waals surface area contributed by atoms with Crippen molar-refractivity contribution < 1.29 is 4.79 Å². The topological polar surface area (TPSA) is 84.7 Å². The van der Waals surface area contributed by atoms with Crippen LogP contribution < -0.4 is 10.6 Å². The van der Waals surface area contributed by atoms with Gasteiger partial charge in [-0.1, -0.05) is 29.5 Å². The van der Waals surface area contributed by atoms with Gasteiger partial charge in [0.15, 0.2) is 10.8 Å². The van der Waals surface area contributed by atoms with E-state index in [0.29, 0.717) is 16.9 Å². The minimum Gasteiger partial charge on any atom is -0.317 e. The summed E-state index contributed by atoms with van der Waals surface area (Å²) < 4.78 is 1.89. The highest BCUT2D eigenvalue weighted by Crippen LogP contribution is 2.27. The fourth-order valence-corrected chi connectivity index (χ4v) is 4.13. The van der Waals surface area contributed by atoms with Gasteiger partial charge in [0, 0.05) is 10.9 Å². The molecule has 1 amide bonds. The highest BCUT2D eigenvalue weighted by molar-refractivity contribution is 7.14. The van der Waals surface area contributed by atoms with Gasteiger partial charge >= 0.3 is 0 Å². The summed E-state index contributed by atoms with van der Waals surface area (Å²) in [5.74, 6) is -0.265. The van der Waals surface area contributed by atoms with Crippen LogP contribution in [0.3, 0.4) is 0 Å². The van der Waals surface area contributed by atoms with Crippen molar-refractivity contribution in [2.24, 2.45) is 0 Å². The van der Waals surface area contributed by atoms with Crippen LogP contribution in [-0.2, 0) is 0 Å². The summed E-state index contributed by atoms with van der Waals surface area (Å²) in [6.45, 7) is 5.88. The zero-order chi connectivity index (χ0) is 18.8. The Morgan fingerprint density at radius 3 is 2.75 bits per heavy atom. The van der Waals surface area contributed by atoms with Crippen molar-refractivity contribution >= 4 is 34.8 Å². The lowest BCUT2D eigenvalue weighted by Gasteiger charge is -2.23. The molecular formula is C19H23ClN6OS.